The monoisotopic (exact) mass is 284 g/mol. The number of rotatable bonds is 4. The summed E-state index contributed by atoms with van der Waals surface area (Å²) in [7, 11) is -3.55. The Hall–Kier alpha value is -1.11. The van der Waals surface area contributed by atoms with Gasteiger partial charge in [-0.05, 0) is 49.4 Å². The molecule has 4 N–H and O–H groups in total. The normalized spacial score (nSPS) is 23.7. The van der Waals surface area contributed by atoms with Crippen LogP contribution < -0.4 is 10.5 Å². The number of hydrogen-bond acceptors (Lipinski definition) is 4. The quantitative estimate of drug-likeness (QED) is 0.720. The van der Waals surface area contributed by atoms with Crippen molar-refractivity contribution in [2.75, 3.05) is 12.3 Å². The molecule has 0 spiro atoms. The molecule has 2 atom stereocenters. The third-order valence-corrected chi connectivity index (χ3v) is 5.34. The van der Waals surface area contributed by atoms with Crippen LogP contribution in [0.3, 0.4) is 0 Å². The molecule has 1 fully saturated rings. The topological polar surface area (TPSA) is 92.4 Å². The molecule has 19 heavy (non-hydrogen) atoms. The van der Waals surface area contributed by atoms with Gasteiger partial charge in [0.15, 0.2) is 0 Å². The summed E-state index contributed by atoms with van der Waals surface area (Å²) in [6, 6.07) is 4.58. The number of nitrogen functional groups attached to an aromatic ring is 1. The van der Waals surface area contributed by atoms with Crippen molar-refractivity contribution in [2.45, 2.75) is 37.1 Å². The van der Waals surface area contributed by atoms with Crippen molar-refractivity contribution < 1.29 is 13.5 Å². The van der Waals surface area contributed by atoms with Crippen LogP contribution in [-0.2, 0) is 10.0 Å². The van der Waals surface area contributed by atoms with Gasteiger partial charge in [0, 0.05) is 18.3 Å². The number of aliphatic hydroxyl groups is 1. The SMILES string of the molecule is Cc1cc(N)ccc1S(=O)(=O)NC1CCCC1CO. The summed E-state index contributed by atoms with van der Waals surface area (Å²) in [6.45, 7) is 1.75. The van der Waals surface area contributed by atoms with E-state index in [1.165, 1.54) is 6.07 Å². The van der Waals surface area contributed by atoms with Crippen molar-refractivity contribution in [3.63, 3.8) is 0 Å². The summed E-state index contributed by atoms with van der Waals surface area (Å²) in [5, 5.41) is 9.24. The van der Waals surface area contributed by atoms with Crippen molar-refractivity contribution in [1.82, 2.24) is 4.72 Å². The first-order chi connectivity index (χ1) is 8.94. The van der Waals surface area contributed by atoms with Crippen molar-refractivity contribution in [3.8, 4) is 0 Å². The number of sulfonamides is 1. The minimum atomic E-state index is -3.55. The summed E-state index contributed by atoms with van der Waals surface area (Å²) < 4.78 is 27.4. The molecule has 0 saturated heterocycles. The number of hydrogen-bond donors (Lipinski definition) is 3. The fraction of sp³-hybridized carbons (Fsp3) is 0.538. The third kappa shape index (κ3) is 3.08. The molecule has 0 bridgehead atoms. The lowest BCUT2D eigenvalue weighted by Gasteiger charge is -2.19. The zero-order chi connectivity index (χ0) is 14.0. The van der Waals surface area contributed by atoms with Gasteiger partial charge in [-0.15, -0.1) is 0 Å². The van der Waals surface area contributed by atoms with Gasteiger partial charge >= 0.3 is 0 Å². The van der Waals surface area contributed by atoms with Gasteiger partial charge in [-0.2, -0.15) is 0 Å². The largest absolute Gasteiger partial charge is 0.399 e. The maximum atomic E-state index is 12.3. The predicted octanol–water partition coefficient (Wildman–Crippen LogP) is 1.02. The van der Waals surface area contributed by atoms with Gasteiger partial charge in [0.05, 0.1) is 4.90 Å². The highest BCUT2D eigenvalue weighted by Crippen LogP contribution is 2.27. The predicted molar refractivity (Wildman–Crippen MR) is 74.1 cm³/mol. The number of aryl methyl sites for hydroxylation is 1. The van der Waals surface area contributed by atoms with Gasteiger partial charge < -0.3 is 10.8 Å². The van der Waals surface area contributed by atoms with E-state index in [0.717, 1.165) is 19.3 Å². The highest BCUT2D eigenvalue weighted by atomic mass is 32.2. The van der Waals surface area contributed by atoms with Crippen LogP contribution in [0.15, 0.2) is 23.1 Å². The molecular weight excluding hydrogens is 264 g/mol. The molecule has 5 nitrogen and oxygen atoms in total. The molecule has 0 radical (unpaired) electrons. The number of nitrogens with one attached hydrogen (secondary N) is 1. The molecule has 1 saturated carbocycles. The van der Waals surface area contributed by atoms with E-state index >= 15 is 0 Å². The molecule has 2 rings (SSSR count). The van der Waals surface area contributed by atoms with E-state index in [9.17, 15) is 13.5 Å². The lowest BCUT2D eigenvalue weighted by Crippen LogP contribution is -2.38. The van der Waals surface area contributed by atoms with E-state index in [1.807, 2.05) is 0 Å². The Kier molecular flexibility index (Phi) is 4.13. The average Bonchev–Trinajstić information content (AvgIpc) is 2.74. The first kappa shape index (κ1) is 14.3. The van der Waals surface area contributed by atoms with Gasteiger partial charge in [-0.1, -0.05) is 6.42 Å². The zero-order valence-corrected chi connectivity index (χ0v) is 11.8. The van der Waals surface area contributed by atoms with Gasteiger partial charge in [-0.25, -0.2) is 13.1 Å². The minimum absolute atomic E-state index is 0.0175. The Balaban J connectivity index is 2.23. The van der Waals surface area contributed by atoms with Crippen LogP contribution >= 0.6 is 0 Å². The van der Waals surface area contributed by atoms with E-state index < -0.39 is 10.0 Å². The Morgan fingerprint density at radius 3 is 2.79 bits per heavy atom. The molecule has 0 amide bonds. The molecule has 2 unspecified atom stereocenters. The van der Waals surface area contributed by atoms with Crippen LogP contribution in [-0.4, -0.2) is 26.2 Å². The molecule has 0 aliphatic heterocycles. The second-order valence-electron chi connectivity index (χ2n) is 5.13. The average molecular weight is 284 g/mol. The lowest BCUT2D eigenvalue weighted by molar-refractivity contribution is 0.213. The Labute approximate surface area is 113 Å². The lowest BCUT2D eigenvalue weighted by atomic mass is 10.1. The standard InChI is InChI=1S/C13H20N2O3S/c1-9-7-11(14)5-6-13(9)19(17,18)15-12-4-2-3-10(12)8-16/h5-7,10,12,15-16H,2-4,8,14H2,1H3. The van der Waals surface area contributed by atoms with Crippen LogP contribution in [0.5, 0.6) is 0 Å². The van der Waals surface area contributed by atoms with E-state index in [2.05, 4.69) is 4.72 Å². The van der Waals surface area contributed by atoms with Crippen molar-refractivity contribution in [3.05, 3.63) is 23.8 Å². The van der Waals surface area contributed by atoms with Crippen LogP contribution in [0.4, 0.5) is 5.69 Å². The highest BCUT2D eigenvalue weighted by Gasteiger charge is 2.31. The van der Waals surface area contributed by atoms with Gasteiger partial charge in [0.2, 0.25) is 10.0 Å². The van der Waals surface area contributed by atoms with E-state index in [0.29, 0.717) is 11.3 Å². The Bertz CT molecular complexity index is 557. The Morgan fingerprint density at radius 2 is 2.16 bits per heavy atom. The van der Waals surface area contributed by atoms with Gasteiger partial charge in [0.25, 0.3) is 0 Å². The molecule has 1 aliphatic carbocycles. The fourth-order valence-corrected chi connectivity index (χ4v) is 4.21. The molecule has 1 aromatic rings. The van der Waals surface area contributed by atoms with Crippen molar-refractivity contribution in [2.24, 2.45) is 5.92 Å². The summed E-state index contributed by atoms with van der Waals surface area (Å²) in [5.74, 6) is 0.0175. The number of nitrogens with two attached hydrogens (primary N) is 1. The molecule has 0 aromatic heterocycles. The minimum Gasteiger partial charge on any atom is -0.399 e. The van der Waals surface area contributed by atoms with Crippen LogP contribution in [0.25, 0.3) is 0 Å². The van der Waals surface area contributed by atoms with E-state index in [-0.39, 0.29) is 23.5 Å². The molecule has 1 aromatic carbocycles. The summed E-state index contributed by atoms with van der Waals surface area (Å²) in [4.78, 5) is 0.255. The van der Waals surface area contributed by atoms with Crippen LogP contribution in [0.1, 0.15) is 24.8 Å². The second kappa shape index (κ2) is 5.48. The fourth-order valence-electron chi connectivity index (χ4n) is 2.65. The second-order valence-corrected chi connectivity index (χ2v) is 6.81. The van der Waals surface area contributed by atoms with Crippen LogP contribution in [0, 0.1) is 12.8 Å². The molecule has 0 heterocycles. The summed E-state index contributed by atoms with van der Waals surface area (Å²) in [5.41, 5.74) is 6.81. The van der Waals surface area contributed by atoms with Gasteiger partial charge in [0.1, 0.15) is 0 Å². The van der Waals surface area contributed by atoms with Crippen molar-refractivity contribution >= 4 is 15.7 Å². The summed E-state index contributed by atoms with van der Waals surface area (Å²) in [6.07, 6.45) is 2.59. The summed E-state index contributed by atoms with van der Waals surface area (Å²) >= 11 is 0. The Morgan fingerprint density at radius 1 is 1.42 bits per heavy atom. The smallest absolute Gasteiger partial charge is 0.241 e. The maximum absolute atomic E-state index is 12.3. The third-order valence-electron chi connectivity index (χ3n) is 3.69. The molecule has 1 aliphatic rings. The van der Waals surface area contributed by atoms with E-state index in [4.69, 9.17) is 5.73 Å². The van der Waals surface area contributed by atoms with Crippen LogP contribution in [0.2, 0.25) is 0 Å². The molecular formula is C13H20N2O3S. The zero-order valence-electron chi connectivity index (χ0n) is 11.0. The van der Waals surface area contributed by atoms with Crippen molar-refractivity contribution in [1.29, 1.82) is 0 Å². The number of benzene rings is 1. The molecule has 106 valence electrons. The number of aliphatic hydroxyl groups excluding tert-OH is 1. The first-order valence-electron chi connectivity index (χ1n) is 6.43. The number of anilines is 1. The highest BCUT2D eigenvalue weighted by molar-refractivity contribution is 7.89. The van der Waals surface area contributed by atoms with E-state index in [1.54, 1.807) is 19.1 Å². The van der Waals surface area contributed by atoms with Gasteiger partial charge in [-0.3, -0.25) is 0 Å². The first-order valence-corrected chi connectivity index (χ1v) is 7.91. The molecule has 6 heteroatoms. The maximum Gasteiger partial charge on any atom is 0.241 e.